The molecule has 3 aromatic heterocycles. The van der Waals surface area contributed by atoms with E-state index in [-0.39, 0.29) is 36.1 Å². The third kappa shape index (κ3) is 5.28. The molecule has 6 rings (SSSR count). The van der Waals surface area contributed by atoms with E-state index in [1.54, 1.807) is 43.5 Å². The molecule has 0 aliphatic carbocycles. The fraction of sp³-hybridized carbons (Fsp3) is 0.379. The predicted octanol–water partition coefficient (Wildman–Crippen LogP) is 3.78. The van der Waals surface area contributed by atoms with Gasteiger partial charge in [0.25, 0.3) is 0 Å². The number of ether oxygens (including phenoxy) is 1. The number of anilines is 1. The Morgan fingerprint density at radius 1 is 1.18 bits per heavy atom. The van der Waals surface area contributed by atoms with Crippen LogP contribution in [0.1, 0.15) is 46.0 Å². The SMILES string of the molecule is Cc1ccc([C@H](CC(=O)O)c2ccn3c(C(F)(F)F)nnc3c2C)cc1CN1C[C@@H]2COCCN2c2ncccc2S1(=O)=O. The molecule has 1 fully saturated rings. The summed E-state index contributed by atoms with van der Waals surface area (Å²) in [6.07, 6.45) is -2.31. The maximum Gasteiger partial charge on any atom is 0.452 e. The second kappa shape index (κ2) is 11.1. The Kier molecular flexibility index (Phi) is 7.58. The topological polar surface area (TPSA) is 130 Å². The van der Waals surface area contributed by atoms with Crippen molar-refractivity contribution in [3.63, 3.8) is 0 Å². The minimum absolute atomic E-state index is 0.0115. The molecular formula is C29H29F3N6O5S. The van der Waals surface area contributed by atoms with Crippen LogP contribution in [0.5, 0.6) is 0 Å². The number of halogens is 3. The van der Waals surface area contributed by atoms with Crippen LogP contribution in [0.15, 0.2) is 53.7 Å². The van der Waals surface area contributed by atoms with E-state index >= 15 is 0 Å². The summed E-state index contributed by atoms with van der Waals surface area (Å²) in [5.41, 5.74) is 2.85. The zero-order valence-corrected chi connectivity index (χ0v) is 24.6. The van der Waals surface area contributed by atoms with Crippen molar-refractivity contribution in [2.45, 2.75) is 49.8 Å². The Balaban J connectivity index is 1.40. The lowest BCUT2D eigenvalue weighted by Crippen LogP contribution is -2.50. The number of sulfonamides is 1. The Morgan fingerprint density at radius 2 is 1.98 bits per heavy atom. The number of hydrogen-bond acceptors (Lipinski definition) is 8. The molecule has 0 amide bonds. The molecule has 0 spiro atoms. The second-order valence-electron chi connectivity index (χ2n) is 11.0. The van der Waals surface area contributed by atoms with Gasteiger partial charge in [-0.15, -0.1) is 10.2 Å². The minimum atomic E-state index is -4.72. The van der Waals surface area contributed by atoms with Crippen molar-refractivity contribution in [3.8, 4) is 0 Å². The number of carboxylic acids is 1. The quantitative estimate of drug-likeness (QED) is 0.338. The number of morpholine rings is 1. The van der Waals surface area contributed by atoms with E-state index < -0.39 is 33.9 Å². The third-order valence-electron chi connectivity index (χ3n) is 8.28. The molecule has 2 atom stereocenters. The first-order chi connectivity index (χ1) is 20.9. The number of pyridine rings is 2. The molecule has 1 N–H and O–H groups in total. The number of aliphatic carboxylic acids is 1. The summed E-state index contributed by atoms with van der Waals surface area (Å²) >= 11 is 0. The normalized spacial score (nSPS) is 19.3. The van der Waals surface area contributed by atoms with Gasteiger partial charge in [0, 0.05) is 37.9 Å². The van der Waals surface area contributed by atoms with E-state index in [0.717, 1.165) is 9.96 Å². The van der Waals surface area contributed by atoms with Crippen molar-refractivity contribution in [2.24, 2.45) is 0 Å². The molecule has 5 heterocycles. The van der Waals surface area contributed by atoms with Crippen LogP contribution in [0.4, 0.5) is 19.0 Å². The Morgan fingerprint density at radius 3 is 2.73 bits per heavy atom. The average Bonchev–Trinajstić information content (AvgIpc) is 3.40. The highest BCUT2D eigenvalue weighted by atomic mass is 32.2. The average molecular weight is 631 g/mol. The number of benzene rings is 1. The van der Waals surface area contributed by atoms with Gasteiger partial charge in [-0.2, -0.15) is 17.5 Å². The van der Waals surface area contributed by atoms with Crippen LogP contribution in [0, 0.1) is 13.8 Å². The zero-order valence-electron chi connectivity index (χ0n) is 23.8. The summed E-state index contributed by atoms with van der Waals surface area (Å²) in [6, 6.07) is 9.66. The standard InChI is InChI=1S/C29H29F3N6O5S/c1-17-5-6-19(23(13-25(39)40)22-7-9-38-26(18(22)2)34-35-28(38)29(30,31)32)12-20(17)14-36-15-21-16-43-11-10-37(21)27-24(44(36,41)42)4-3-8-33-27/h3-9,12,21,23H,10-11,13-16H2,1-2H3,(H,39,40)/t21-,23+/m1/s1. The van der Waals surface area contributed by atoms with Crippen LogP contribution in [0.25, 0.3) is 5.65 Å². The Labute approximate surface area is 251 Å². The van der Waals surface area contributed by atoms with Crippen molar-refractivity contribution in [1.82, 2.24) is 23.9 Å². The molecule has 0 saturated carbocycles. The monoisotopic (exact) mass is 630 g/mol. The number of nitrogens with zero attached hydrogens (tertiary/aromatic N) is 6. The number of fused-ring (bicyclic) bond motifs is 4. The Bertz CT molecular complexity index is 1860. The lowest BCUT2D eigenvalue weighted by atomic mass is 9.85. The van der Waals surface area contributed by atoms with Crippen molar-refractivity contribution >= 4 is 27.5 Å². The molecule has 1 aromatic carbocycles. The Hall–Kier alpha value is -4.08. The molecular weight excluding hydrogens is 601 g/mol. The van der Waals surface area contributed by atoms with Crippen molar-refractivity contribution in [1.29, 1.82) is 0 Å². The maximum atomic E-state index is 14.0. The minimum Gasteiger partial charge on any atom is -0.481 e. The highest BCUT2D eigenvalue weighted by molar-refractivity contribution is 7.89. The van der Waals surface area contributed by atoms with Gasteiger partial charge in [-0.3, -0.25) is 9.20 Å². The van der Waals surface area contributed by atoms with Gasteiger partial charge in [-0.05, 0) is 59.9 Å². The number of hydrogen-bond donors (Lipinski definition) is 1. The number of carboxylic acid groups (broad SMARTS) is 1. The van der Waals surface area contributed by atoms with E-state index in [1.807, 2.05) is 11.8 Å². The van der Waals surface area contributed by atoms with Gasteiger partial charge < -0.3 is 14.7 Å². The van der Waals surface area contributed by atoms with Gasteiger partial charge in [0.1, 0.15) is 10.7 Å². The van der Waals surface area contributed by atoms with Gasteiger partial charge >= 0.3 is 12.1 Å². The summed E-state index contributed by atoms with van der Waals surface area (Å²) in [5, 5.41) is 16.9. The van der Waals surface area contributed by atoms with Gasteiger partial charge in [-0.1, -0.05) is 18.2 Å². The summed E-state index contributed by atoms with van der Waals surface area (Å²) in [6.45, 7) is 4.88. The summed E-state index contributed by atoms with van der Waals surface area (Å²) < 4.78 is 76.2. The third-order valence-corrected chi connectivity index (χ3v) is 10.1. The van der Waals surface area contributed by atoms with E-state index in [0.29, 0.717) is 47.8 Å². The second-order valence-corrected chi connectivity index (χ2v) is 12.9. The molecule has 232 valence electrons. The molecule has 4 aromatic rings. The first-order valence-electron chi connectivity index (χ1n) is 13.9. The van der Waals surface area contributed by atoms with Crippen LogP contribution in [0.2, 0.25) is 0 Å². The smallest absolute Gasteiger partial charge is 0.452 e. The lowest BCUT2D eigenvalue weighted by molar-refractivity contribution is -0.145. The molecule has 0 radical (unpaired) electrons. The maximum absolute atomic E-state index is 14.0. The van der Waals surface area contributed by atoms with E-state index in [2.05, 4.69) is 15.2 Å². The highest BCUT2D eigenvalue weighted by Gasteiger charge is 2.40. The predicted molar refractivity (Wildman–Crippen MR) is 152 cm³/mol. The molecule has 2 aliphatic heterocycles. The molecule has 15 heteroatoms. The lowest BCUT2D eigenvalue weighted by Gasteiger charge is -2.36. The fourth-order valence-electron chi connectivity index (χ4n) is 6.02. The van der Waals surface area contributed by atoms with Gasteiger partial charge in [0.05, 0.1) is 25.7 Å². The zero-order chi connectivity index (χ0) is 31.4. The summed E-state index contributed by atoms with van der Waals surface area (Å²) in [7, 11) is -3.97. The highest BCUT2D eigenvalue weighted by Crippen LogP contribution is 2.37. The number of rotatable bonds is 6. The van der Waals surface area contributed by atoms with Crippen LogP contribution in [-0.2, 0) is 32.3 Å². The molecule has 44 heavy (non-hydrogen) atoms. The molecule has 2 aliphatic rings. The number of aryl methyl sites for hydroxylation is 2. The van der Waals surface area contributed by atoms with Crippen molar-refractivity contribution < 1.29 is 36.2 Å². The number of alkyl halides is 3. The molecule has 11 nitrogen and oxygen atoms in total. The summed E-state index contributed by atoms with van der Waals surface area (Å²) in [4.78, 5) is 18.5. The van der Waals surface area contributed by atoms with E-state index in [9.17, 15) is 31.5 Å². The first-order valence-corrected chi connectivity index (χ1v) is 15.3. The molecule has 0 unspecified atom stereocenters. The van der Waals surface area contributed by atoms with E-state index in [4.69, 9.17) is 4.74 Å². The fourth-order valence-corrected chi connectivity index (χ4v) is 7.63. The first kappa shape index (κ1) is 30.0. The van der Waals surface area contributed by atoms with Crippen LogP contribution in [0.3, 0.4) is 0 Å². The largest absolute Gasteiger partial charge is 0.481 e. The molecule has 0 bridgehead atoms. The van der Waals surface area contributed by atoms with Crippen LogP contribution in [-0.4, -0.2) is 75.7 Å². The van der Waals surface area contributed by atoms with Gasteiger partial charge in [0.15, 0.2) is 5.65 Å². The van der Waals surface area contributed by atoms with Crippen LogP contribution >= 0.6 is 0 Å². The van der Waals surface area contributed by atoms with Gasteiger partial charge in [0.2, 0.25) is 15.8 Å². The van der Waals surface area contributed by atoms with Crippen molar-refractivity contribution in [2.75, 3.05) is 31.2 Å². The van der Waals surface area contributed by atoms with Crippen molar-refractivity contribution in [3.05, 3.63) is 82.4 Å². The number of carbonyl (C=O) groups is 1. The molecule has 1 saturated heterocycles. The van der Waals surface area contributed by atoms with Gasteiger partial charge in [-0.25, -0.2) is 13.4 Å². The van der Waals surface area contributed by atoms with E-state index in [1.165, 1.54) is 16.6 Å². The number of aromatic nitrogens is 4. The van der Waals surface area contributed by atoms with Crippen LogP contribution < -0.4 is 4.90 Å². The summed E-state index contributed by atoms with van der Waals surface area (Å²) in [5.74, 6) is -2.64.